The Kier molecular flexibility index (Phi) is 2.42. The van der Waals surface area contributed by atoms with Gasteiger partial charge >= 0.3 is 0 Å². The summed E-state index contributed by atoms with van der Waals surface area (Å²) in [4.78, 5) is 0. The van der Waals surface area contributed by atoms with Gasteiger partial charge in [-0.15, -0.1) is 0 Å². The molecule has 1 aromatic rings. The lowest BCUT2D eigenvalue weighted by atomic mass is 10.0. The first kappa shape index (κ1) is 7.99. The number of benzene rings is 1. The van der Waals surface area contributed by atoms with Gasteiger partial charge in [-0.3, -0.25) is 0 Å². The van der Waals surface area contributed by atoms with Gasteiger partial charge in [-0.25, -0.2) is 0 Å². The van der Waals surface area contributed by atoms with Crippen molar-refractivity contribution in [2.45, 2.75) is 19.8 Å². The van der Waals surface area contributed by atoms with Crippen LogP contribution in [0.5, 0.6) is 0 Å². The largest absolute Gasteiger partial charge is 0.312 e. The van der Waals surface area contributed by atoms with Crippen LogP contribution in [0.3, 0.4) is 0 Å². The summed E-state index contributed by atoms with van der Waals surface area (Å²) in [5, 5.41) is 7.07. The second-order valence-corrected chi connectivity index (χ2v) is 2.87. The summed E-state index contributed by atoms with van der Waals surface area (Å²) in [5.41, 5.74) is 2.48. The fourth-order valence-corrected chi connectivity index (χ4v) is 0.966. The van der Waals surface area contributed by atoms with E-state index in [-0.39, 0.29) is 5.92 Å². The molecule has 0 fully saturated rings. The van der Waals surface area contributed by atoms with E-state index in [9.17, 15) is 0 Å². The molecule has 0 bridgehead atoms. The average molecular weight is 147 g/mol. The maximum Gasteiger partial charge on any atom is 0.0158 e. The average Bonchev–Trinajstić information content (AvgIpc) is 2.05. The van der Waals surface area contributed by atoms with E-state index in [1.807, 2.05) is 6.92 Å². The van der Waals surface area contributed by atoms with Crippen LogP contribution >= 0.6 is 0 Å². The third-order valence-electron chi connectivity index (χ3n) is 1.85. The first-order valence-electron chi connectivity index (χ1n) is 3.81. The van der Waals surface area contributed by atoms with Gasteiger partial charge < -0.3 is 5.41 Å². The fraction of sp³-hybridized carbons (Fsp3) is 0.300. The molecule has 0 aliphatic carbocycles. The normalized spacial score (nSPS) is 12.5. The molecule has 58 valence electrons. The van der Waals surface area contributed by atoms with E-state index < -0.39 is 0 Å². The van der Waals surface area contributed by atoms with Crippen LogP contribution in [-0.4, -0.2) is 6.21 Å². The van der Waals surface area contributed by atoms with E-state index in [2.05, 4.69) is 31.2 Å². The number of nitrogens with one attached hydrogen (secondary N) is 1. The number of hydrogen-bond donors (Lipinski definition) is 1. The van der Waals surface area contributed by atoms with Crippen LogP contribution < -0.4 is 0 Å². The maximum atomic E-state index is 7.07. The molecule has 11 heavy (non-hydrogen) atoms. The Morgan fingerprint density at radius 3 is 2.27 bits per heavy atom. The minimum absolute atomic E-state index is 0.246. The third-order valence-corrected chi connectivity index (χ3v) is 1.85. The second-order valence-electron chi connectivity index (χ2n) is 2.87. The first-order chi connectivity index (χ1) is 5.24. The summed E-state index contributed by atoms with van der Waals surface area (Å²) in [6.07, 6.45) is 1.46. The zero-order valence-electron chi connectivity index (χ0n) is 6.96. The Morgan fingerprint density at radius 2 is 1.82 bits per heavy atom. The summed E-state index contributed by atoms with van der Waals surface area (Å²) in [7, 11) is 0. The Balaban J connectivity index is 2.89. The van der Waals surface area contributed by atoms with Gasteiger partial charge in [-0.05, 0) is 12.5 Å². The summed E-state index contributed by atoms with van der Waals surface area (Å²) >= 11 is 0. The zero-order chi connectivity index (χ0) is 8.27. The first-order valence-corrected chi connectivity index (χ1v) is 3.81. The van der Waals surface area contributed by atoms with Crippen LogP contribution in [0, 0.1) is 12.3 Å². The third kappa shape index (κ3) is 1.90. The number of rotatable bonds is 2. The molecule has 1 N–H and O–H groups in total. The second kappa shape index (κ2) is 3.33. The smallest absolute Gasteiger partial charge is 0.0158 e. The van der Waals surface area contributed by atoms with Crippen molar-refractivity contribution in [1.82, 2.24) is 0 Å². The van der Waals surface area contributed by atoms with Gasteiger partial charge in [0.1, 0.15) is 0 Å². The topological polar surface area (TPSA) is 23.9 Å². The molecule has 0 aliphatic heterocycles. The molecule has 1 atom stereocenters. The summed E-state index contributed by atoms with van der Waals surface area (Å²) in [6.45, 7) is 4.09. The lowest BCUT2D eigenvalue weighted by molar-refractivity contribution is 1.03. The molecule has 0 saturated heterocycles. The SMILES string of the molecule is Cc1ccc(C(C)C=N)cc1. The minimum atomic E-state index is 0.246. The van der Waals surface area contributed by atoms with E-state index in [1.165, 1.54) is 17.3 Å². The highest BCUT2D eigenvalue weighted by Crippen LogP contribution is 2.12. The lowest BCUT2D eigenvalue weighted by Crippen LogP contribution is -1.92. The Hall–Kier alpha value is -1.11. The van der Waals surface area contributed by atoms with E-state index in [0.717, 1.165) is 0 Å². The molecule has 0 radical (unpaired) electrons. The molecule has 1 unspecified atom stereocenters. The van der Waals surface area contributed by atoms with Crippen LogP contribution in [0.25, 0.3) is 0 Å². The van der Waals surface area contributed by atoms with Crippen LogP contribution in [0.2, 0.25) is 0 Å². The van der Waals surface area contributed by atoms with Gasteiger partial charge in [0.05, 0.1) is 0 Å². The number of hydrogen-bond acceptors (Lipinski definition) is 1. The quantitative estimate of drug-likeness (QED) is 0.622. The highest BCUT2D eigenvalue weighted by molar-refractivity contribution is 5.63. The molecule has 1 aromatic carbocycles. The van der Waals surface area contributed by atoms with Crippen molar-refractivity contribution >= 4 is 6.21 Å². The van der Waals surface area contributed by atoms with Crippen LogP contribution in [-0.2, 0) is 0 Å². The van der Waals surface area contributed by atoms with Crippen molar-refractivity contribution in [3.05, 3.63) is 35.4 Å². The van der Waals surface area contributed by atoms with Gasteiger partial charge in [0.25, 0.3) is 0 Å². The Labute approximate surface area is 67.6 Å². The highest BCUT2D eigenvalue weighted by atomic mass is 14.3. The maximum absolute atomic E-state index is 7.07. The summed E-state index contributed by atoms with van der Waals surface area (Å²) in [5.74, 6) is 0.246. The van der Waals surface area contributed by atoms with Gasteiger partial charge in [0.2, 0.25) is 0 Å². The van der Waals surface area contributed by atoms with Crippen molar-refractivity contribution in [2.75, 3.05) is 0 Å². The molecule has 1 rings (SSSR count). The van der Waals surface area contributed by atoms with Crippen molar-refractivity contribution in [2.24, 2.45) is 0 Å². The van der Waals surface area contributed by atoms with E-state index >= 15 is 0 Å². The van der Waals surface area contributed by atoms with Gasteiger partial charge in [-0.1, -0.05) is 36.8 Å². The molecule has 0 heterocycles. The van der Waals surface area contributed by atoms with Crippen molar-refractivity contribution in [1.29, 1.82) is 5.41 Å². The van der Waals surface area contributed by atoms with E-state index in [1.54, 1.807) is 0 Å². The molecular weight excluding hydrogens is 134 g/mol. The molecule has 1 heteroatoms. The fourth-order valence-electron chi connectivity index (χ4n) is 0.966. The standard InChI is InChI=1S/C10H13N/c1-8-3-5-10(6-4-8)9(2)7-11/h3-7,9,11H,1-2H3. The van der Waals surface area contributed by atoms with E-state index in [4.69, 9.17) is 5.41 Å². The summed E-state index contributed by atoms with van der Waals surface area (Å²) in [6, 6.07) is 8.31. The zero-order valence-corrected chi connectivity index (χ0v) is 6.96. The lowest BCUT2D eigenvalue weighted by Gasteiger charge is -2.04. The highest BCUT2D eigenvalue weighted by Gasteiger charge is 1.98. The minimum Gasteiger partial charge on any atom is -0.312 e. The van der Waals surface area contributed by atoms with Gasteiger partial charge in [-0.2, -0.15) is 0 Å². The molecule has 0 amide bonds. The van der Waals surface area contributed by atoms with E-state index in [0.29, 0.717) is 0 Å². The van der Waals surface area contributed by atoms with Crippen LogP contribution in [0.4, 0.5) is 0 Å². The molecule has 0 saturated carbocycles. The van der Waals surface area contributed by atoms with Gasteiger partial charge in [0, 0.05) is 12.1 Å². The van der Waals surface area contributed by atoms with Crippen molar-refractivity contribution in [3.63, 3.8) is 0 Å². The Morgan fingerprint density at radius 1 is 1.27 bits per heavy atom. The van der Waals surface area contributed by atoms with Crippen LogP contribution in [0.1, 0.15) is 24.0 Å². The molecular formula is C10H13N. The van der Waals surface area contributed by atoms with Crippen molar-refractivity contribution in [3.8, 4) is 0 Å². The van der Waals surface area contributed by atoms with Gasteiger partial charge in [0.15, 0.2) is 0 Å². The predicted molar refractivity (Wildman–Crippen MR) is 48.4 cm³/mol. The summed E-state index contributed by atoms with van der Waals surface area (Å²) < 4.78 is 0. The molecule has 0 aromatic heterocycles. The monoisotopic (exact) mass is 147 g/mol. The predicted octanol–water partition coefficient (Wildman–Crippen LogP) is 2.75. The molecule has 0 aliphatic rings. The van der Waals surface area contributed by atoms with Crippen molar-refractivity contribution < 1.29 is 0 Å². The molecule has 1 nitrogen and oxygen atoms in total. The van der Waals surface area contributed by atoms with Crippen LogP contribution in [0.15, 0.2) is 24.3 Å². The Bertz CT molecular complexity index is 236. The number of aryl methyl sites for hydroxylation is 1. The molecule has 0 spiro atoms.